The van der Waals surface area contributed by atoms with Crippen molar-refractivity contribution < 1.29 is 8.95 Å². The first-order valence-corrected chi connectivity index (χ1v) is 7.36. The molecule has 0 saturated carbocycles. The van der Waals surface area contributed by atoms with Crippen molar-refractivity contribution in [3.05, 3.63) is 29.8 Å². The standard InChI is InChI=1S/C13H21NO2S/c1-4-8-17(15)10-13(14-2)11-6-5-7-12(9-11)16-3/h5-7,9,13-14H,4,8,10H2,1-3H3. The van der Waals surface area contributed by atoms with Gasteiger partial charge in [0.05, 0.1) is 7.11 Å². The molecule has 1 aromatic carbocycles. The van der Waals surface area contributed by atoms with E-state index in [4.69, 9.17) is 4.74 Å². The van der Waals surface area contributed by atoms with Crippen LogP contribution in [0.25, 0.3) is 0 Å². The monoisotopic (exact) mass is 255 g/mol. The number of benzene rings is 1. The Morgan fingerprint density at radius 3 is 2.82 bits per heavy atom. The Morgan fingerprint density at radius 1 is 1.47 bits per heavy atom. The van der Waals surface area contributed by atoms with Gasteiger partial charge in [-0.05, 0) is 31.2 Å². The van der Waals surface area contributed by atoms with Gasteiger partial charge in [0.2, 0.25) is 0 Å². The van der Waals surface area contributed by atoms with Gasteiger partial charge < -0.3 is 10.1 Å². The van der Waals surface area contributed by atoms with Crippen molar-refractivity contribution in [3.8, 4) is 5.75 Å². The van der Waals surface area contributed by atoms with E-state index < -0.39 is 10.8 Å². The van der Waals surface area contributed by atoms with Crippen LogP contribution in [-0.4, -0.2) is 29.9 Å². The fourth-order valence-corrected chi connectivity index (χ4v) is 3.05. The van der Waals surface area contributed by atoms with Crippen LogP contribution in [0.2, 0.25) is 0 Å². The van der Waals surface area contributed by atoms with Gasteiger partial charge in [-0.15, -0.1) is 0 Å². The van der Waals surface area contributed by atoms with Crippen molar-refractivity contribution >= 4 is 10.8 Å². The number of ether oxygens (including phenoxy) is 1. The summed E-state index contributed by atoms with van der Waals surface area (Å²) in [5.41, 5.74) is 1.12. The Labute approximate surface area is 106 Å². The SMILES string of the molecule is CCCS(=O)CC(NC)c1cccc(OC)c1. The first-order chi connectivity index (χ1) is 8.21. The van der Waals surface area contributed by atoms with Crippen LogP contribution in [0, 0.1) is 0 Å². The van der Waals surface area contributed by atoms with Crippen LogP contribution in [0.3, 0.4) is 0 Å². The molecule has 1 N–H and O–H groups in total. The van der Waals surface area contributed by atoms with Gasteiger partial charge in [-0.1, -0.05) is 19.1 Å². The second-order valence-corrected chi connectivity index (χ2v) is 5.55. The lowest BCUT2D eigenvalue weighted by Gasteiger charge is -2.16. The van der Waals surface area contributed by atoms with E-state index in [9.17, 15) is 4.21 Å². The summed E-state index contributed by atoms with van der Waals surface area (Å²) in [6.45, 7) is 2.05. The van der Waals surface area contributed by atoms with Crippen LogP contribution < -0.4 is 10.1 Å². The molecule has 2 unspecified atom stereocenters. The zero-order valence-corrected chi connectivity index (χ0v) is 11.5. The molecule has 0 radical (unpaired) electrons. The molecule has 0 spiro atoms. The van der Waals surface area contributed by atoms with Crippen LogP contribution in [-0.2, 0) is 10.8 Å². The third kappa shape index (κ3) is 4.48. The van der Waals surface area contributed by atoms with Crippen molar-refractivity contribution in [2.24, 2.45) is 0 Å². The minimum atomic E-state index is -0.762. The van der Waals surface area contributed by atoms with Crippen LogP contribution >= 0.6 is 0 Å². The maximum absolute atomic E-state index is 11.8. The Hall–Kier alpha value is -0.870. The van der Waals surface area contributed by atoms with E-state index in [0.29, 0.717) is 5.75 Å². The van der Waals surface area contributed by atoms with Gasteiger partial charge in [0.1, 0.15) is 5.75 Å². The van der Waals surface area contributed by atoms with E-state index in [1.165, 1.54) is 0 Å². The molecule has 17 heavy (non-hydrogen) atoms. The molecule has 0 saturated heterocycles. The van der Waals surface area contributed by atoms with Crippen LogP contribution in [0.5, 0.6) is 5.75 Å². The van der Waals surface area contributed by atoms with Crippen molar-refractivity contribution in [3.63, 3.8) is 0 Å². The molecule has 0 aliphatic carbocycles. The highest BCUT2D eigenvalue weighted by Gasteiger charge is 2.13. The van der Waals surface area contributed by atoms with Crippen LogP contribution in [0.15, 0.2) is 24.3 Å². The van der Waals surface area contributed by atoms with Crippen molar-refractivity contribution in [1.29, 1.82) is 0 Å². The lowest BCUT2D eigenvalue weighted by Crippen LogP contribution is -2.23. The average Bonchev–Trinajstić information content (AvgIpc) is 2.36. The van der Waals surface area contributed by atoms with Gasteiger partial charge in [0.15, 0.2) is 0 Å². The fraction of sp³-hybridized carbons (Fsp3) is 0.538. The van der Waals surface area contributed by atoms with Crippen LogP contribution in [0.1, 0.15) is 24.9 Å². The molecule has 0 bridgehead atoms. The highest BCUT2D eigenvalue weighted by atomic mass is 32.2. The Bertz CT molecular complexity index is 368. The molecule has 2 atom stereocenters. The molecule has 96 valence electrons. The maximum atomic E-state index is 11.8. The Balaban J connectivity index is 2.74. The van der Waals surface area contributed by atoms with Gasteiger partial charge in [-0.2, -0.15) is 0 Å². The van der Waals surface area contributed by atoms with E-state index >= 15 is 0 Å². The summed E-state index contributed by atoms with van der Waals surface area (Å²) in [5.74, 6) is 2.25. The first-order valence-electron chi connectivity index (χ1n) is 5.87. The number of rotatable bonds is 7. The lowest BCUT2D eigenvalue weighted by atomic mass is 10.1. The summed E-state index contributed by atoms with van der Waals surface area (Å²) < 4.78 is 17.0. The predicted molar refractivity (Wildman–Crippen MR) is 73.0 cm³/mol. The van der Waals surface area contributed by atoms with Crippen LogP contribution in [0.4, 0.5) is 0 Å². The Kier molecular flexibility index (Phi) is 6.22. The third-order valence-corrected chi connectivity index (χ3v) is 4.20. The molecule has 0 amide bonds. The van der Waals surface area contributed by atoms with E-state index in [1.807, 2.05) is 31.3 Å². The topological polar surface area (TPSA) is 38.3 Å². The van der Waals surface area contributed by atoms with E-state index in [1.54, 1.807) is 7.11 Å². The smallest absolute Gasteiger partial charge is 0.119 e. The van der Waals surface area contributed by atoms with Crippen molar-refractivity contribution in [1.82, 2.24) is 5.32 Å². The molecule has 0 heterocycles. The zero-order chi connectivity index (χ0) is 12.7. The van der Waals surface area contributed by atoms with Gasteiger partial charge in [0, 0.05) is 28.3 Å². The number of hydrogen-bond donors (Lipinski definition) is 1. The van der Waals surface area contributed by atoms with Gasteiger partial charge in [-0.3, -0.25) is 4.21 Å². The third-order valence-electron chi connectivity index (χ3n) is 2.63. The first kappa shape index (κ1) is 14.2. The molecule has 1 aromatic rings. The molecule has 4 heteroatoms. The van der Waals surface area contributed by atoms with E-state index in [2.05, 4.69) is 12.2 Å². The number of methoxy groups -OCH3 is 1. The summed E-state index contributed by atoms with van der Waals surface area (Å²) in [4.78, 5) is 0. The van der Waals surface area contributed by atoms with E-state index in [-0.39, 0.29) is 6.04 Å². The summed E-state index contributed by atoms with van der Waals surface area (Å²) in [7, 11) is 2.79. The maximum Gasteiger partial charge on any atom is 0.119 e. The minimum absolute atomic E-state index is 0.123. The average molecular weight is 255 g/mol. The Morgan fingerprint density at radius 2 is 2.24 bits per heavy atom. The largest absolute Gasteiger partial charge is 0.497 e. The summed E-state index contributed by atoms with van der Waals surface area (Å²) in [6.07, 6.45) is 0.959. The number of hydrogen-bond acceptors (Lipinski definition) is 3. The highest BCUT2D eigenvalue weighted by Crippen LogP contribution is 2.19. The fourth-order valence-electron chi connectivity index (χ4n) is 1.70. The second-order valence-electron chi connectivity index (χ2n) is 3.93. The quantitative estimate of drug-likeness (QED) is 0.811. The second kappa shape index (κ2) is 7.45. The molecule has 1 rings (SSSR count). The lowest BCUT2D eigenvalue weighted by molar-refractivity contribution is 0.413. The predicted octanol–water partition coefficient (Wildman–Crippen LogP) is 2.11. The van der Waals surface area contributed by atoms with Crippen molar-refractivity contribution in [2.75, 3.05) is 25.7 Å². The normalized spacial score (nSPS) is 14.3. The molecular formula is C13H21NO2S. The van der Waals surface area contributed by atoms with Gasteiger partial charge in [-0.25, -0.2) is 0 Å². The van der Waals surface area contributed by atoms with Gasteiger partial charge in [0.25, 0.3) is 0 Å². The molecule has 3 nitrogen and oxygen atoms in total. The molecular weight excluding hydrogens is 234 g/mol. The molecule has 0 aliphatic rings. The van der Waals surface area contributed by atoms with Gasteiger partial charge >= 0.3 is 0 Å². The zero-order valence-electron chi connectivity index (χ0n) is 10.7. The molecule has 0 aromatic heterocycles. The molecule has 0 fully saturated rings. The highest BCUT2D eigenvalue weighted by molar-refractivity contribution is 7.85. The summed E-state index contributed by atoms with van der Waals surface area (Å²) >= 11 is 0. The van der Waals surface area contributed by atoms with E-state index in [0.717, 1.165) is 23.5 Å². The summed E-state index contributed by atoms with van der Waals surface area (Å²) in [5, 5.41) is 3.21. The minimum Gasteiger partial charge on any atom is -0.497 e. The van der Waals surface area contributed by atoms with Crippen molar-refractivity contribution in [2.45, 2.75) is 19.4 Å². The molecule has 0 aliphatic heterocycles. The number of nitrogens with one attached hydrogen (secondary N) is 1. The summed E-state index contributed by atoms with van der Waals surface area (Å²) in [6, 6.07) is 8.02.